The molecule has 23 heavy (non-hydrogen) atoms. The van der Waals surface area contributed by atoms with E-state index >= 15 is 0 Å². The lowest BCUT2D eigenvalue weighted by molar-refractivity contribution is -0.116. The van der Waals surface area contributed by atoms with E-state index in [1.807, 2.05) is 12.1 Å². The number of halogens is 1. The van der Waals surface area contributed by atoms with Crippen LogP contribution in [0, 0.1) is 12.7 Å². The summed E-state index contributed by atoms with van der Waals surface area (Å²) in [5.41, 5.74) is 2.61. The Morgan fingerprint density at radius 2 is 2.04 bits per heavy atom. The second-order valence-corrected chi connectivity index (χ2v) is 5.28. The van der Waals surface area contributed by atoms with Gasteiger partial charge in [0, 0.05) is 18.3 Å². The van der Waals surface area contributed by atoms with Crippen LogP contribution in [0.4, 0.5) is 15.8 Å². The Morgan fingerprint density at radius 3 is 2.83 bits per heavy atom. The molecule has 0 bridgehead atoms. The highest BCUT2D eigenvalue weighted by atomic mass is 19.1. The Hall–Kier alpha value is -2.89. The maximum atomic E-state index is 13.1. The van der Waals surface area contributed by atoms with Crippen LogP contribution < -0.4 is 10.6 Å². The van der Waals surface area contributed by atoms with Gasteiger partial charge in [-0.3, -0.25) is 4.79 Å². The van der Waals surface area contributed by atoms with Gasteiger partial charge < -0.3 is 15.1 Å². The van der Waals surface area contributed by atoms with Gasteiger partial charge in [-0.05, 0) is 43.3 Å². The molecule has 2 aromatic carbocycles. The van der Waals surface area contributed by atoms with E-state index in [1.165, 1.54) is 12.1 Å². The predicted octanol–water partition coefficient (Wildman–Crippen LogP) is 3.71. The number of nitrogens with zero attached hydrogens (tertiary/aromatic N) is 1. The van der Waals surface area contributed by atoms with Crippen LogP contribution in [0.15, 0.2) is 46.9 Å². The summed E-state index contributed by atoms with van der Waals surface area (Å²) in [4.78, 5) is 16.4. The second-order valence-electron chi connectivity index (χ2n) is 5.28. The van der Waals surface area contributed by atoms with Crippen molar-refractivity contribution in [2.24, 2.45) is 0 Å². The van der Waals surface area contributed by atoms with E-state index in [9.17, 15) is 9.18 Å². The van der Waals surface area contributed by atoms with E-state index in [0.717, 1.165) is 11.2 Å². The number of carbonyl (C=O) groups excluding carboxylic acids is 1. The smallest absolute Gasteiger partial charge is 0.246 e. The number of anilines is 2. The predicted molar refractivity (Wildman–Crippen MR) is 86.9 cm³/mol. The van der Waals surface area contributed by atoms with Crippen LogP contribution in [-0.2, 0) is 4.79 Å². The lowest BCUT2D eigenvalue weighted by Gasteiger charge is -2.15. The number of aryl methyl sites for hydroxylation is 1. The van der Waals surface area contributed by atoms with E-state index in [2.05, 4.69) is 15.6 Å². The molecule has 0 fully saturated rings. The standard InChI is InChI=1S/C17H16FN3O2/c1-10(17(22)21-13-5-3-4-12(18)8-13)19-14-6-7-16-15(9-14)20-11(2)23-16/h3-10,19H,1-2H3,(H,21,22)/t10-/m1/s1. The Labute approximate surface area is 132 Å². The molecular weight excluding hydrogens is 297 g/mol. The highest BCUT2D eigenvalue weighted by Gasteiger charge is 2.14. The summed E-state index contributed by atoms with van der Waals surface area (Å²) in [5.74, 6) is -0.0589. The van der Waals surface area contributed by atoms with Gasteiger partial charge >= 0.3 is 0 Å². The molecule has 0 unspecified atom stereocenters. The minimum absolute atomic E-state index is 0.257. The third-order valence-electron chi connectivity index (χ3n) is 3.36. The third-order valence-corrected chi connectivity index (χ3v) is 3.36. The molecule has 0 aliphatic heterocycles. The average molecular weight is 313 g/mol. The molecule has 0 saturated carbocycles. The van der Waals surface area contributed by atoms with Crippen molar-refractivity contribution in [1.29, 1.82) is 0 Å². The van der Waals surface area contributed by atoms with Gasteiger partial charge in [0.05, 0.1) is 0 Å². The first kappa shape index (κ1) is 15.0. The van der Waals surface area contributed by atoms with Gasteiger partial charge in [-0.15, -0.1) is 0 Å². The molecule has 0 aliphatic carbocycles. The Morgan fingerprint density at radius 1 is 1.22 bits per heavy atom. The zero-order valence-corrected chi connectivity index (χ0v) is 12.8. The monoisotopic (exact) mass is 313 g/mol. The van der Waals surface area contributed by atoms with Crippen LogP contribution in [0.3, 0.4) is 0 Å². The molecule has 1 aromatic heterocycles. The molecule has 5 nitrogen and oxygen atoms in total. The number of aromatic nitrogens is 1. The fourth-order valence-corrected chi connectivity index (χ4v) is 2.26. The second kappa shape index (κ2) is 6.08. The minimum atomic E-state index is -0.497. The van der Waals surface area contributed by atoms with Crippen LogP contribution in [0.2, 0.25) is 0 Å². The molecule has 6 heteroatoms. The van der Waals surface area contributed by atoms with E-state index in [0.29, 0.717) is 17.2 Å². The Bertz CT molecular complexity index is 860. The van der Waals surface area contributed by atoms with Crippen molar-refractivity contribution in [3.05, 3.63) is 54.2 Å². The quantitative estimate of drug-likeness (QED) is 0.770. The summed E-state index contributed by atoms with van der Waals surface area (Å²) in [6.45, 7) is 3.51. The summed E-state index contributed by atoms with van der Waals surface area (Å²) < 4.78 is 18.5. The average Bonchev–Trinajstić information content (AvgIpc) is 2.86. The van der Waals surface area contributed by atoms with Crippen molar-refractivity contribution in [3.63, 3.8) is 0 Å². The van der Waals surface area contributed by atoms with Crippen LogP contribution in [0.1, 0.15) is 12.8 Å². The summed E-state index contributed by atoms with van der Waals surface area (Å²) in [7, 11) is 0. The summed E-state index contributed by atoms with van der Waals surface area (Å²) in [6, 6.07) is 10.7. The molecule has 0 radical (unpaired) electrons. The normalized spacial score (nSPS) is 12.1. The first-order valence-corrected chi connectivity index (χ1v) is 7.21. The number of nitrogens with one attached hydrogen (secondary N) is 2. The number of hydrogen-bond donors (Lipinski definition) is 2. The van der Waals surface area contributed by atoms with E-state index < -0.39 is 11.9 Å². The van der Waals surface area contributed by atoms with E-state index in [-0.39, 0.29) is 5.91 Å². The summed E-state index contributed by atoms with van der Waals surface area (Å²) in [6.07, 6.45) is 0. The number of amides is 1. The molecule has 0 saturated heterocycles. The maximum Gasteiger partial charge on any atom is 0.246 e. The van der Waals surface area contributed by atoms with Crippen molar-refractivity contribution in [2.45, 2.75) is 19.9 Å². The number of hydrogen-bond acceptors (Lipinski definition) is 4. The molecule has 0 aliphatic rings. The maximum absolute atomic E-state index is 13.1. The van der Waals surface area contributed by atoms with Crippen LogP contribution in [0.5, 0.6) is 0 Å². The van der Waals surface area contributed by atoms with Gasteiger partial charge in [0.2, 0.25) is 5.91 Å². The number of carbonyl (C=O) groups is 1. The van der Waals surface area contributed by atoms with E-state index in [4.69, 9.17) is 4.42 Å². The zero-order chi connectivity index (χ0) is 16.4. The molecule has 3 aromatic rings. The van der Waals surface area contributed by atoms with Crippen LogP contribution in [-0.4, -0.2) is 16.9 Å². The third kappa shape index (κ3) is 3.48. The van der Waals surface area contributed by atoms with Gasteiger partial charge in [0.1, 0.15) is 17.4 Å². The van der Waals surface area contributed by atoms with Gasteiger partial charge in [-0.25, -0.2) is 9.37 Å². The van der Waals surface area contributed by atoms with Crippen molar-refractivity contribution in [3.8, 4) is 0 Å². The summed E-state index contributed by atoms with van der Waals surface area (Å²) >= 11 is 0. The molecule has 1 atom stereocenters. The topological polar surface area (TPSA) is 67.2 Å². The van der Waals surface area contributed by atoms with Gasteiger partial charge in [-0.1, -0.05) is 6.07 Å². The molecule has 0 spiro atoms. The van der Waals surface area contributed by atoms with Crippen molar-refractivity contribution in [2.75, 3.05) is 10.6 Å². The Kier molecular flexibility index (Phi) is 3.97. The lowest BCUT2D eigenvalue weighted by Crippen LogP contribution is -2.31. The zero-order valence-electron chi connectivity index (χ0n) is 12.8. The van der Waals surface area contributed by atoms with E-state index in [1.54, 1.807) is 32.0 Å². The van der Waals surface area contributed by atoms with Crippen molar-refractivity contribution >= 4 is 28.4 Å². The molecule has 1 heterocycles. The number of rotatable bonds is 4. The number of benzene rings is 2. The number of fused-ring (bicyclic) bond motifs is 1. The molecule has 3 rings (SSSR count). The molecule has 118 valence electrons. The fraction of sp³-hybridized carbons (Fsp3) is 0.176. The highest BCUT2D eigenvalue weighted by Crippen LogP contribution is 2.20. The van der Waals surface area contributed by atoms with Gasteiger partial charge in [0.15, 0.2) is 11.5 Å². The van der Waals surface area contributed by atoms with Gasteiger partial charge in [0.25, 0.3) is 0 Å². The van der Waals surface area contributed by atoms with Gasteiger partial charge in [-0.2, -0.15) is 0 Å². The highest BCUT2D eigenvalue weighted by molar-refractivity contribution is 5.96. The molecule has 1 amide bonds. The largest absolute Gasteiger partial charge is 0.441 e. The molecule has 2 N–H and O–H groups in total. The van der Waals surface area contributed by atoms with Crippen molar-refractivity contribution < 1.29 is 13.6 Å². The minimum Gasteiger partial charge on any atom is -0.441 e. The first-order valence-electron chi connectivity index (χ1n) is 7.21. The van der Waals surface area contributed by atoms with Crippen molar-refractivity contribution in [1.82, 2.24) is 4.98 Å². The fourth-order valence-electron chi connectivity index (χ4n) is 2.26. The lowest BCUT2D eigenvalue weighted by atomic mass is 10.2. The van der Waals surface area contributed by atoms with Crippen LogP contribution in [0.25, 0.3) is 11.1 Å². The molecular formula is C17H16FN3O2. The van der Waals surface area contributed by atoms with Crippen LogP contribution >= 0.6 is 0 Å². The number of oxazole rings is 1. The Balaban J connectivity index is 1.69. The first-order chi connectivity index (χ1) is 11.0. The summed E-state index contributed by atoms with van der Waals surface area (Å²) in [5, 5.41) is 5.76. The SMILES string of the molecule is Cc1nc2cc(N[C@H](C)C(=O)Nc3cccc(F)c3)ccc2o1.